The normalized spacial score (nSPS) is 12.1. The second-order valence-electron chi connectivity index (χ2n) is 8.31. The molecule has 0 aliphatic heterocycles. The summed E-state index contributed by atoms with van der Waals surface area (Å²) >= 11 is 0. The minimum absolute atomic E-state index is 0. The Kier molecular flexibility index (Phi) is 9.12. The SMILES string of the molecule is CN(C)C(CCOc1ccc(C/C=C/c2ccccc2)c2ccccc12)c1ccccc1.Cl. The van der Waals surface area contributed by atoms with Gasteiger partial charge in [0.25, 0.3) is 0 Å². The molecular formula is C30H32ClNO. The topological polar surface area (TPSA) is 12.5 Å². The predicted molar refractivity (Wildman–Crippen MR) is 143 cm³/mol. The van der Waals surface area contributed by atoms with Gasteiger partial charge in [0.2, 0.25) is 0 Å². The first-order chi connectivity index (χ1) is 15.7. The molecule has 0 heterocycles. The number of ether oxygens (including phenoxy) is 1. The van der Waals surface area contributed by atoms with Crippen molar-refractivity contribution in [2.24, 2.45) is 0 Å². The van der Waals surface area contributed by atoms with Gasteiger partial charge in [-0.25, -0.2) is 0 Å². The molecule has 2 nitrogen and oxygen atoms in total. The zero-order chi connectivity index (χ0) is 22.2. The molecule has 1 unspecified atom stereocenters. The highest BCUT2D eigenvalue weighted by Gasteiger charge is 2.14. The summed E-state index contributed by atoms with van der Waals surface area (Å²) in [6.07, 6.45) is 6.25. The van der Waals surface area contributed by atoms with E-state index >= 15 is 0 Å². The highest BCUT2D eigenvalue weighted by Crippen LogP contribution is 2.30. The summed E-state index contributed by atoms with van der Waals surface area (Å²) in [5, 5.41) is 2.44. The highest BCUT2D eigenvalue weighted by molar-refractivity contribution is 5.91. The van der Waals surface area contributed by atoms with Crippen molar-refractivity contribution in [3.63, 3.8) is 0 Å². The fourth-order valence-electron chi connectivity index (χ4n) is 4.20. The summed E-state index contributed by atoms with van der Waals surface area (Å²) < 4.78 is 6.31. The van der Waals surface area contributed by atoms with Crippen LogP contribution < -0.4 is 4.74 Å². The lowest BCUT2D eigenvalue weighted by Gasteiger charge is -2.25. The third kappa shape index (κ3) is 6.47. The van der Waals surface area contributed by atoms with Crippen LogP contribution in [0.25, 0.3) is 16.8 Å². The minimum Gasteiger partial charge on any atom is -0.493 e. The van der Waals surface area contributed by atoms with Crippen LogP contribution in [-0.4, -0.2) is 25.6 Å². The van der Waals surface area contributed by atoms with Gasteiger partial charge in [-0.1, -0.05) is 103 Å². The average molecular weight is 458 g/mol. The Morgan fingerprint density at radius 3 is 2.09 bits per heavy atom. The molecule has 0 aromatic heterocycles. The van der Waals surface area contributed by atoms with Gasteiger partial charge in [-0.05, 0) is 48.7 Å². The number of nitrogens with zero attached hydrogens (tertiary/aromatic N) is 1. The maximum atomic E-state index is 6.31. The summed E-state index contributed by atoms with van der Waals surface area (Å²) in [6, 6.07) is 34.3. The molecule has 0 N–H and O–H groups in total. The highest BCUT2D eigenvalue weighted by atomic mass is 35.5. The predicted octanol–water partition coefficient (Wildman–Crippen LogP) is 7.59. The number of hydrogen-bond acceptors (Lipinski definition) is 2. The maximum Gasteiger partial charge on any atom is 0.127 e. The number of rotatable bonds is 9. The quantitative estimate of drug-likeness (QED) is 0.256. The van der Waals surface area contributed by atoms with E-state index in [4.69, 9.17) is 4.74 Å². The van der Waals surface area contributed by atoms with Crippen molar-refractivity contribution in [2.45, 2.75) is 18.9 Å². The monoisotopic (exact) mass is 457 g/mol. The molecule has 0 radical (unpaired) electrons. The van der Waals surface area contributed by atoms with Crippen molar-refractivity contribution in [2.75, 3.05) is 20.7 Å². The number of hydrogen-bond donors (Lipinski definition) is 0. The molecule has 33 heavy (non-hydrogen) atoms. The zero-order valence-electron chi connectivity index (χ0n) is 19.4. The van der Waals surface area contributed by atoms with Crippen molar-refractivity contribution in [1.82, 2.24) is 4.90 Å². The first kappa shape index (κ1) is 24.6. The summed E-state index contributed by atoms with van der Waals surface area (Å²) in [5.41, 5.74) is 3.87. The van der Waals surface area contributed by atoms with Gasteiger partial charge in [0.05, 0.1) is 6.61 Å². The Balaban J connectivity index is 0.00000306. The molecule has 0 saturated carbocycles. The van der Waals surface area contributed by atoms with Gasteiger partial charge >= 0.3 is 0 Å². The maximum absolute atomic E-state index is 6.31. The van der Waals surface area contributed by atoms with Crippen molar-refractivity contribution in [3.8, 4) is 5.75 Å². The Labute approximate surface area is 203 Å². The molecule has 0 fully saturated rings. The molecule has 4 aromatic rings. The van der Waals surface area contributed by atoms with E-state index in [9.17, 15) is 0 Å². The Morgan fingerprint density at radius 2 is 1.39 bits per heavy atom. The van der Waals surface area contributed by atoms with Crippen LogP contribution in [-0.2, 0) is 6.42 Å². The molecule has 1 atom stereocenters. The first-order valence-electron chi connectivity index (χ1n) is 11.3. The van der Waals surface area contributed by atoms with E-state index in [0.717, 1.165) is 18.6 Å². The van der Waals surface area contributed by atoms with Crippen LogP contribution in [0.15, 0.2) is 103 Å². The Hall–Kier alpha value is -3.07. The standard InChI is InChI=1S/C30H31NO.ClH/c1-31(2)29(26-15-7-4-8-16-26)22-23-32-30-21-20-25(27-18-9-10-19-28(27)30)17-11-14-24-12-5-3-6-13-24;/h3-16,18-21,29H,17,22-23H2,1-2H3;1H/b14-11+;. The summed E-state index contributed by atoms with van der Waals surface area (Å²) in [7, 11) is 4.26. The van der Waals surface area contributed by atoms with Crippen LogP contribution in [0, 0.1) is 0 Å². The van der Waals surface area contributed by atoms with Gasteiger partial charge in [-0.3, -0.25) is 0 Å². The second kappa shape index (κ2) is 12.2. The molecule has 4 rings (SSSR count). The van der Waals surface area contributed by atoms with E-state index in [-0.39, 0.29) is 12.4 Å². The molecule has 0 aliphatic rings. The molecule has 0 aliphatic carbocycles. The molecule has 0 amide bonds. The summed E-state index contributed by atoms with van der Waals surface area (Å²) in [6.45, 7) is 0.676. The fourth-order valence-corrected chi connectivity index (χ4v) is 4.20. The lowest BCUT2D eigenvalue weighted by atomic mass is 10.0. The van der Waals surface area contributed by atoms with Crippen molar-refractivity contribution >= 4 is 29.3 Å². The third-order valence-electron chi connectivity index (χ3n) is 5.88. The lowest BCUT2D eigenvalue weighted by Crippen LogP contribution is -2.22. The molecule has 170 valence electrons. The molecule has 3 heteroatoms. The summed E-state index contributed by atoms with van der Waals surface area (Å²) in [4.78, 5) is 2.26. The van der Waals surface area contributed by atoms with Crippen LogP contribution in [0.2, 0.25) is 0 Å². The van der Waals surface area contributed by atoms with Gasteiger partial charge in [-0.2, -0.15) is 0 Å². The van der Waals surface area contributed by atoms with E-state index in [2.05, 4.69) is 122 Å². The van der Waals surface area contributed by atoms with Gasteiger partial charge in [0.15, 0.2) is 0 Å². The van der Waals surface area contributed by atoms with Crippen LogP contribution >= 0.6 is 12.4 Å². The largest absolute Gasteiger partial charge is 0.493 e. The first-order valence-corrected chi connectivity index (χ1v) is 11.3. The van der Waals surface area contributed by atoms with Crippen LogP contribution in [0.1, 0.15) is 29.2 Å². The molecule has 0 spiro atoms. The van der Waals surface area contributed by atoms with Gasteiger partial charge in [-0.15, -0.1) is 12.4 Å². The van der Waals surface area contributed by atoms with E-state index < -0.39 is 0 Å². The van der Waals surface area contributed by atoms with Crippen LogP contribution in [0.4, 0.5) is 0 Å². The van der Waals surface area contributed by atoms with E-state index in [1.54, 1.807) is 0 Å². The third-order valence-corrected chi connectivity index (χ3v) is 5.88. The fraction of sp³-hybridized carbons (Fsp3) is 0.200. The molecular weight excluding hydrogens is 426 g/mol. The Bertz CT molecular complexity index is 1160. The molecule has 0 bridgehead atoms. The Morgan fingerprint density at radius 1 is 0.758 bits per heavy atom. The van der Waals surface area contributed by atoms with Gasteiger partial charge in [0.1, 0.15) is 5.75 Å². The zero-order valence-corrected chi connectivity index (χ0v) is 20.2. The van der Waals surface area contributed by atoms with E-state index in [0.29, 0.717) is 12.6 Å². The van der Waals surface area contributed by atoms with Crippen molar-refractivity contribution < 1.29 is 4.74 Å². The number of allylic oxidation sites excluding steroid dienone is 1. The molecule has 0 saturated heterocycles. The number of fused-ring (bicyclic) bond motifs is 1. The van der Waals surface area contributed by atoms with E-state index in [1.807, 2.05) is 6.07 Å². The smallest absolute Gasteiger partial charge is 0.127 e. The van der Waals surface area contributed by atoms with E-state index in [1.165, 1.54) is 27.5 Å². The average Bonchev–Trinajstić information content (AvgIpc) is 2.83. The second-order valence-corrected chi connectivity index (χ2v) is 8.31. The minimum atomic E-state index is 0. The number of benzene rings is 4. The molecule has 4 aromatic carbocycles. The van der Waals surface area contributed by atoms with Crippen LogP contribution in [0.3, 0.4) is 0 Å². The van der Waals surface area contributed by atoms with Gasteiger partial charge in [0, 0.05) is 17.8 Å². The number of halogens is 1. The lowest BCUT2D eigenvalue weighted by molar-refractivity contribution is 0.225. The summed E-state index contributed by atoms with van der Waals surface area (Å²) in [5.74, 6) is 0.960. The van der Waals surface area contributed by atoms with Crippen molar-refractivity contribution in [3.05, 3.63) is 120 Å². The van der Waals surface area contributed by atoms with Gasteiger partial charge < -0.3 is 9.64 Å². The van der Waals surface area contributed by atoms with Crippen LogP contribution in [0.5, 0.6) is 5.75 Å². The van der Waals surface area contributed by atoms with Crippen molar-refractivity contribution in [1.29, 1.82) is 0 Å².